The number of fused-ring (bicyclic) bond motifs is 1. The van der Waals surface area contributed by atoms with Crippen LogP contribution in [0.15, 0.2) is 0 Å². The van der Waals surface area contributed by atoms with E-state index in [1.807, 2.05) is 25.6 Å². The molecule has 110 valence electrons. The van der Waals surface area contributed by atoms with E-state index >= 15 is 0 Å². The molecule has 2 aromatic rings. The summed E-state index contributed by atoms with van der Waals surface area (Å²) in [5.41, 5.74) is 3.22. The lowest BCUT2D eigenvalue weighted by molar-refractivity contribution is 0.217. The molecule has 0 radical (unpaired) electrons. The number of alkyl halides is 1. The number of hydrogen-bond acceptors (Lipinski definition) is 2. The topological polar surface area (TPSA) is 35.6 Å². The number of nitrogens with zero attached hydrogens (tertiary/aromatic N) is 4. The SMILES string of the molecule is Cc1nn(C)c2c1nc(C(C)Cl)n2C1(C)CCCCC1. The van der Waals surface area contributed by atoms with Gasteiger partial charge < -0.3 is 4.57 Å². The third-order valence-corrected chi connectivity index (χ3v) is 4.85. The van der Waals surface area contributed by atoms with Crippen LogP contribution in [-0.4, -0.2) is 19.3 Å². The van der Waals surface area contributed by atoms with E-state index in [2.05, 4.69) is 16.6 Å². The number of aromatic nitrogens is 4. The van der Waals surface area contributed by atoms with Crippen molar-refractivity contribution in [3.8, 4) is 0 Å². The minimum atomic E-state index is -0.0828. The van der Waals surface area contributed by atoms with E-state index in [1.165, 1.54) is 32.1 Å². The number of hydrogen-bond donors (Lipinski definition) is 0. The van der Waals surface area contributed by atoms with Crippen molar-refractivity contribution in [2.45, 2.75) is 63.8 Å². The lowest BCUT2D eigenvalue weighted by Gasteiger charge is -2.37. The first-order valence-corrected chi connectivity index (χ1v) is 7.94. The van der Waals surface area contributed by atoms with Crippen LogP contribution in [0, 0.1) is 6.92 Å². The molecule has 1 unspecified atom stereocenters. The molecule has 0 aliphatic heterocycles. The first kappa shape index (κ1) is 13.9. The molecule has 1 saturated carbocycles. The first-order chi connectivity index (χ1) is 9.44. The Morgan fingerprint density at radius 1 is 1.25 bits per heavy atom. The summed E-state index contributed by atoms with van der Waals surface area (Å²) in [6.07, 6.45) is 6.29. The van der Waals surface area contributed by atoms with Gasteiger partial charge >= 0.3 is 0 Å². The minimum Gasteiger partial charge on any atom is -0.306 e. The van der Waals surface area contributed by atoms with Crippen LogP contribution in [0.25, 0.3) is 11.2 Å². The average molecular weight is 295 g/mol. The Balaban J connectivity index is 2.28. The molecule has 4 nitrogen and oxygen atoms in total. The molecule has 0 N–H and O–H groups in total. The molecule has 1 aliphatic carbocycles. The molecule has 20 heavy (non-hydrogen) atoms. The fourth-order valence-electron chi connectivity index (χ4n) is 3.63. The molecule has 0 bridgehead atoms. The van der Waals surface area contributed by atoms with Crippen LogP contribution >= 0.6 is 11.6 Å². The molecule has 2 aromatic heterocycles. The van der Waals surface area contributed by atoms with Gasteiger partial charge in [0.15, 0.2) is 5.65 Å². The van der Waals surface area contributed by atoms with Gasteiger partial charge in [0.1, 0.15) is 11.3 Å². The van der Waals surface area contributed by atoms with E-state index in [4.69, 9.17) is 16.6 Å². The van der Waals surface area contributed by atoms with E-state index in [0.717, 1.165) is 22.7 Å². The summed E-state index contributed by atoms with van der Waals surface area (Å²) < 4.78 is 4.33. The van der Waals surface area contributed by atoms with E-state index in [-0.39, 0.29) is 10.9 Å². The summed E-state index contributed by atoms with van der Waals surface area (Å²) in [6, 6.07) is 0. The van der Waals surface area contributed by atoms with E-state index in [9.17, 15) is 0 Å². The Morgan fingerprint density at radius 3 is 2.50 bits per heavy atom. The van der Waals surface area contributed by atoms with Crippen molar-refractivity contribution < 1.29 is 0 Å². The minimum absolute atomic E-state index is 0.0828. The third-order valence-electron chi connectivity index (χ3n) is 4.65. The average Bonchev–Trinajstić information content (AvgIpc) is 2.91. The molecule has 1 atom stereocenters. The second-order valence-corrected chi connectivity index (χ2v) is 7.01. The van der Waals surface area contributed by atoms with E-state index < -0.39 is 0 Å². The zero-order valence-corrected chi connectivity index (χ0v) is 13.5. The van der Waals surface area contributed by atoms with E-state index in [0.29, 0.717) is 0 Å². The van der Waals surface area contributed by atoms with Crippen LogP contribution in [0.4, 0.5) is 0 Å². The summed E-state index contributed by atoms with van der Waals surface area (Å²) in [5.74, 6) is 0.988. The zero-order chi connectivity index (χ0) is 14.5. The molecule has 1 aliphatic rings. The molecule has 5 heteroatoms. The van der Waals surface area contributed by atoms with Crippen LogP contribution < -0.4 is 0 Å². The number of halogens is 1. The van der Waals surface area contributed by atoms with Gasteiger partial charge in [-0.1, -0.05) is 19.3 Å². The largest absolute Gasteiger partial charge is 0.306 e. The van der Waals surface area contributed by atoms with Gasteiger partial charge in [-0.2, -0.15) is 5.10 Å². The normalized spacial score (nSPS) is 20.4. The van der Waals surface area contributed by atoms with Crippen molar-refractivity contribution >= 4 is 22.8 Å². The summed E-state index contributed by atoms with van der Waals surface area (Å²) in [6.45, 7) is 6.37. The molecular weight excluding hydrogens is 272 g/mol. The fourth-order valence-corrected chi connectivity index (χ4v) is 3.77. The maximum Gasteiger partial charge on any atom is 0.159 e. The van der Waals surface area contributed by atoms with Crippen molar-refractivity contribution in [2.75, 3.05) is 0 Å². The van der Waals surface area contributed by atoms with Gasteiger partial charge in [0.2, 0.25) is 0 Å². The van der Waals surface area contributed by atoms with Crippen LogP contribution in [0.3, 0.4) is 0 Å². The Morgan fingerprint density at radius 2 is 1.90 bits per heavy atom. The first-order valence-electron chi connectivity index (χ1n) is 7.50. The lowest BCUT2D eigenvalue weighted by Crippen LogP contribution is -2.34. The summed E-state index contributed by atoms with van der Waals surface area (Å²) in [4.78, 5) is 4.80. The number of aryl methyl sites for hydroxylation is 2. The van der Waals surface area contributed by atoms with Gasteiger partial charge in [-0.25, -0.2) is 4.98 Å². The summed E-state index contributed by atoms with van der Waals surface area (Å²) in [5, 5.41) is 4.44. The van der Waals surface area contributed by atoms with Gasteiger partial charge in [-0.3, -0.25) is 4.68 Å². The quantitative estimate of drug-likeness (QED) is 0.783. The van der Waals surface area contributed by atoms with Crippen LogP contribution in [-0.2, 0) is 12.6 Å². The highest BCUT2D eigenvalue weighted by molar-refractivity contribution is 6.20. The van der Waals surface area contributed by atoms with Gasteiger partial charge in [0.25, 0.3) is 0 Å². The fraction of sp³-hybridized carbons (Fsp3) is 0.733. The predicted octanol–water partition coefficient (Wildman–Crippen LogP) is 4.06. The van der Waals surface area contributed by atoms with E-state index in [1.54, 1.807) is 0 Å². The van der Waals surface area contributed by atoms with Crippen molar-refractivity contribution in [1.82, 2.24) is 19.3 Å². The Labute approximate surface area is 125 Å². The molecule has 0 aromatic carbocycles. The van der Waals surface area contributed by atoms with Crippen molar-refractivity contribution in [1.29, 1.82) is 0 Å². The predicted molar refractivity (Wildman–Crippen MR) is 82.2 cm³/mol. The van der Waals surface area contributed by atoms with Gasteiger partial charge in [0.05, 0.1) is 11.1 Å². The van der Waals surface area contributed by atoms with Crippen molar-refractivity contribution in [2.24, 2.45) is 7.05 Å². The van der Waals surface area contributed by atoms with Crippen LogP contribution in [0.1, 0.15) is 62.8 Å². The molecule has 3 rings (SSSR count). The highest BCUT2D eigenvalue weighted by atomic mass is 35.5. The molecule has 0 amide bonds. The Bertz CT molecular complexity index is 632. The second kappa shape index (κ2) is 4.76. The van der Waals surface area contributed by atoms with Crippen LogP contribution in [0.5, 0.6) is 0 Å². The molecule has 0 spiro atoms. The summed E-state index contributed by atoms with van der Waals surface area (Å²) in [7, 11) is 2.00. The highest BCUT2D eigenvalue weighted by Gasteiger charge is 2.35. The van der Waals surface area contributed by atoms with Crippen molar-refractivity contribution in [3.63, 3.8) is 0 Å². The van der Waals surface area contributed by atoms with Crippen molar-refractivity contribution in [3.05, 3.63) is 11.5 Å². The molecular formula is C15H23ClN4. The number of rotatable bonds is 2. The lowest BCUT2D eigenvalue weighted by atomic mass is 9.83. The molecule has 0 saturated heterocycles. The molecule has 1 fully saturated rings. The Kier molecular flexibility index (Phi) is 3.32. The van der Waals surface area contributed by atoms with Gasteiger partial charge in [-0.05, 0) is 33.6 Å². The van der Waals surface area contributed by atoms with Crippen LogP contribution in [0.2, 0.25) is 0 Å². The standard InChI is InChI=1S/C15H23ClN4/c1-10(16)13-17-12-11(2)18-19(4)14(12)20(13)15(3)8-6-5-7-9-15/h10H,5-9H2,1-4H3. The molecule has 2 heterocycles. The third kappa shape index (κ3) is 1.96. The monoisotopic (exact) mass is 294 g/mol. The smallest absolute Gasteiger partial charge is 0.159 e. The van der Waals surface area contributed by atoms with Gasteiger partial charge in [0, 0.05) is 12.6 Å². The number of imidazole rings is 1. The second-order valence-electron chi connectivity index (χ2n) is 6.36. The zero-order valence-electron chi connectivity index (χ0n) is 12.8. The Hall–Kier alpha value is -1.03. The summed E-state index contributed by atoms with van der Waals surface area (Å²) >= 11 is 6.41. The maximum atomic E-state index is 6.41. The highest BCUT2D eigenvalue weighted by Crippen LogP contribution is 2.40. The van der Waals surface area contributed by atoms with Gasteiger partial charge in [-0.15, -0.1) is 11.6 Å². The maximum absolute atomic E-state index is 6.41.